The van der Waals surface area contributed by atoms with Crippen LogP contribution in [0.4, 0.5) is 0 Å². The minimum absolute atomic E-state index is 0.0402. The number of Topliss-reactive ketones (excluding diaryl/α,β-unsaturated/α-hetero) is 1. The number of likely N-dealkylation sites (tertiary alicyclic amines) is 1. The van der Waals surface area contributed by atoms with Crippen molar-refractivity contribution >= 4 is 33.2 Å². The van der Waals surface area contributed by atoms with E-state index in [0.717, 1.165) is 23.1 Å². The molecule has 1 saturated heterocycles. The zero-order chi connectivity index (χ0) is 18.4. The van der Waals surface area contributed by atoms with Crippen LogP contribution in [0.25, 0.3) is 10.2 Å². The highest BCUT2D eigenvalue weighted by molar-refractivity contribution is 7.17. The highest BCUT2D eigenvalue weighted by atomic mass is 32.1. The lowest BCUT2D eigenvalue weighted by molar-refractivity contribution is 0.0632. The van der Waals surface area contributed by atoms with E-state index in [9.17, 15) is 9.59 Å². The Labute approximate surface area is 159 Å². The summed E-state index contributed by atoms with van der Waals surface area (Å²) in [6.45, 7) is 1.31. The predicted octanol–water partition coefficient (Wildman–Crippen LogP) is 3.69. The Hall–Kier alpha value is -2.80. The van der Waals surface area contributed by atoms with Gasteiger partial charge in [0.1, 0.15) is 5.69 Å². The highest BCUT2D eigenvalue weighted by Gasteiger charge is 2.31. The van der Waals surface area contributed by atoms with E-state index in [1.54, 1.807) is 34.4 Å². The molecule has 2 aliphatic heterocycles. The summed E-state index contributed by atoms with van der Waals surface area (Å²) in [5, 5.41) is 2.00. The standard InChI is InChI=1S/C20H18N2O4S/c23-19(12-3-4-16-17(8-12)26-11-25-16)13-2-1-6-22(10-13)20(24)15-9-18-14(21-15)5-7-27-18/h3-5,7-9,13,21H,1-2,6,10-11H2/t13-/m1/s1. The quantitative estimate of drug-likeness (QED) is 0.701. The zero-order valence-electron chi connectivity index (χ0n) is 14.6. The topological polar surface area (TPSA) is 71.6 Å². The van der Waals surface area contributed by atoms with Crippen molar-refractivity contribution in [3.8, 4) is 11.5 Å². The SMILES string of the molecule is O=C(c1ccc2c(c1)OCO2)[C@@H]1CCCN(C(=O)c2cc3sccc3[nH]2)C1. The van der Waals surface area contributed by atoms with E-state index in [1.807, 2.05) is 17.5 Å². The largest absolute Gasteiger partial charge is 0.454 e. The van der Waals surface area contributed by atoms with Crippen molar-refractivity contribution in [2.45, 2.75) is 12.8 Å². The molecule has 1 aromatic carbocycles. The number of hydrogen-bond donors (Lipinski definition) is 1. The Morgan fingerprint density at radius 2 is 2.04 bits per heavy atom. The molecule has 0 spiro atoms. The molecule has 2 aliphatic rings. The third-order valence-corrected chi connectivity index (χ3v) is 6.07. The monoisotopic (exact) mass is 382 g/mol. The molecule has 0 bridgehead atoms. The number of ether oxygens (including phenoxy) is 2. The summed E-state index contributed by atoms with van der Waals surface area (Å²) in [4.78, 5) is 30.8. The smallest absolute Gasteiger partial charge is 0.270 e. The lowest BCUT2D eigenvalue weighted by Crippen LogP contribution is -2.42. The molecular formula is C20H18N2O4S. The van der Waals surface area contributed by atoms with E-state index in [0.29, 0.717) is 35.8 Å². The van der Waals surface area contributed by atoms with Gasteiger partial charge in [0, 0.05) is 24.6 Å². The van der Waals surface area contributed by atoms with Crippen molar-refractivity contribution in [1.82, 2.24) is 9.88 Å². The fraction of sp³-hybridized carbons (Fsp3) is 0.300. The van der Waals surface area contributed by atoms with Crippen LogP contribution < -0.4 is 9.47 Å². The Balaban J connectivity index is 1.33. The Bertz CT molecular complexity index is 1010. The first-order valence-electron chi connectivity index (χ1n) is 8.98. The molecule has 1 fully saturated rings. The summed E-state index contributed by atoms with van der Waals surface area (Å²) in [7, 11) is 0. The van der Waals surface area contributed by atoms with Gasteiger partial charge in [-0.15, -0.1) is 11.3 Å². The van der Waals surface area contributed by atoms with Gasteiger partial charge in [-0.1, -0.05) is 0 Å². The number of benzene rings is 1. The van der Waals surface area contributed by atoms with Crippen molar-refractivity contribution in [3.63, 3.8) is 0 Å². The number of carbonyl (C=O) groups excluding carboxylic acids is 2. The summed E-state index contributed by atoms with van der Waals surface area (Å²) in [6.07, 6.45) is 1.61. The molecule has 27 heavy (non-hydrogen) atoms. The molecule has 138 valence electrons. The second-order valence-corrected chi connectivity index (χ2v) is 7.85. The van der Waals surface area contributed by atoms with E-state index in [2.05, 4.69) is 4.98 Å². The predicted molar refractivity (Wildman–Crippen MR) is 102 cm³/mol. The van der Waals surface area contributed by atoms with Crippen molar-refractivity contribution in [1.29, 1.82) is 0 Å². The number of piperidine rings is 1. The van der Waals surface area contributed by atoms with Crippen LogP contribution in [0.1, 0.15) is 33.7 Å². The molecule has 1 N–H and O–H groups in total. The summed E-state index contributed by atoms with van der Waals surface area (Å²) < 4.78 is 11.8. The first kappa shape index (κ1) is 16.4. The van der Waals surface area contributed by atoms with Gasteiger partial charge in [-0.05, 0) is 48.6 Å². The summed E-state index contributed by atoms with van der Waals surface area (Å²) in [5.41, 5.74) is 2.18. The van der Waals surface area contributed by atoms with Crippen LogP contribution in [0.5, 0.6) is 11.5 Å². The number of thiophene rings is 1. The molecular weight excluding hydrogens is 364 g/mol. The van der Waals surface area contributed by atoms with Gasteiger partial charge in [-0.25, -0.2) is 0 Å². The molecule has 0 aliphatic carbocycles. The van der Waals surface area contributed by atoms with E-state index in [-0.39, 0.29) is 24.4 Å². The second kappa shape index (κ2) is 6.42. The number of nitrogens with one attached hydrogen (secondary N) is 1. The molecule has 4 heterocycles. The van der Waals surface area contributed by atoms with Crippen LogP contribution in [-0.4, -0.2) is 41.5 Å². The maximum atomic E-state index is 13.0. The molecule has 0 saturated carbocycles. The maximum Gasteiger partial charge on any atom is 0.270 e. The van der Waals surface area contributed by atoms with Crippen LogP contribution >= 0.6 is 11.3 Å². The number of ketones is 1. The molecule has 0 radical (unpaired) electrons. The molecule has 1 amide bonds. The number of amides is 1. The average molecular weight is 382 g/mol. The number of carbonyl (C=O) groups is 2. The lowest BCUT2D eigenvalue weighted by atomic mass is 9.89. The number of aromatic nitrogens is 1. The van der Waals surface area contributed by atoms with Gasteiger partial charge in [0.2, 0.25) is 6.79 Å². The first-order chi connectivity index (χ1) is 13.2. The van der Waals surface area contributed by atoms with E-state index < -0.39 is 0 Å². The second-order valence-electron chi connectivity index (χ2n) is 6.90. The number of H-pyrrole nitrogens is 1. The molecule has 7 heteroatoms. The molecule has 6 nitrogen and oxygen atoms in total. The van der Waals surface area contributed by atoms with E-state index in [4.69, 9.17) is 9.47 Å². The fourth-order valence-corrected chi connectivity index (χ4v) is 4.58. The Morgan fingerprint density at radius 1 is 1.15 bits per heavy atom. The first-order valence-corrected chi connectivity index (χ1v) is 9.86. The maximum absolute atomic E-state index is 13.0. The van der Waals surface area contributed by atoms with Crippen LogP contribution in [0.3, 0.4) is 0 Å². The van der Waals surface area contributed by atoms with Gasteiger partial charge in [0.25, 0.3) is 5.91 Å². The summed E-state index contributed by atoms with van der Waals surface area (Å²) >= 11 is 1.61. The van der Waals surface area contributed by atoms with Gasteiger partial charge < -0.3 is 19.4 Å². The number of nitrogens with zero attached hydrogens (tertiary/aromatic N) is 1. The Morgan fingerprint density at radius 3 is 2.93 bits per heavy atom. The third-order valence-electron chi connectivity index (χ3n) is 5.21. The molecule has 3 aromatic rings. The number of aromatic amines is 1. The van der Waals surface area contributed by atoms with Crippen molar-refractivity contribution in [3.05, 3.63) is 47.0 Å². The normalized spacial score (nSPS) is 18.8. The van der Waals surface area contributed by atoms with Crippen LogP contribution in [-0.2, 0) is 0 Å². The lowest BCUT2D eigenvalue weighted by Gasteiger charge is -2.31. The van der Waals surface area contributed by atoms with Crippen molar-refractivity contribution in [2.24, 2.45) is 5.92 Å². The van der Waals surface area contributed by atoms with Gasteiger partial charge in [0.15, 0.2) is 17.3 Å². The summed E-state index contributed by atoms with van der Waals surface area (Å²) in [5.74, 6) is 1.09. The average Bonchev–Trinajstić information content (AvgIpc) is 3.41. The third kappa shape index (κ3) is 2.88. The van der Waals surface area contributed by atoms with Crippen molar-refractivity contribution in [2.75, 3.05) is 19.9 Å². The van der Waals surface area contributed by atoms with Crippen molar-refractivity contribution < 1.29 is 19.1 Å². The minimum atomic E-state index is -0.195. The van der Waals surface area contributed by atoms with Gasteiger partial charge >= 0.3 is 0 Å². The van der Waals surface area contributed by atoms with E-state index in [1.165, 1.54) is 0 Å². The number of rotatable bonds is 3. The van der Waals surface area contributed by atoms with Gasteiger partial charge in [0.05, 0.1) is 10.2 Å². The Kier molecular flexibility index (Phi) is 3.89. The van der Waals surface area contributed by atoms with E-state index >= 15 is 0 Å². The minimum Gasteiger partial charge on any atom is -0.454 e. The van der Waals surface area contributed by atoms with Crippen LogP contribution in [0.15, 0.2) is 35.7 Å². The zero-order valence-corrected chi connectivity index (χ0v) is 15.4. The fourth-order valence-electron chi connectivity index (χ4n) is 3.79. The van der Waals surface area contributed by atoms with Gasteiger partial charge in [-0.3, -0.25) is 9.59 Å². The molecule has 0 unspecified atom stereocenters. The molecule has 2 aromatic heterocycles. The number of fused-ring (bicyclic) bond motifs is 2. The number of hydrogen-bond acceptors (Lipinski definition) is 5. The molecule has 1 atom stereocenters. The van der Waals surface area contributed by atoms with Crippen LogP contribution in [0.2, 0.25) is 0 Å². The van der Waals surface area contributed by atoms with Crippen LogP contribution in [0, 0.1) is 5.92 Å². The molecule has 5 rings (SSSR count). The summed E-state index contributed by atoms with van der Waals surface area (Å²) in [6, 6.07) is 9.15. The highest BCUT2D eigenvalue weighted by Crippen LogP contribution is 2.34. The van der Waals surface area contributed by atoms with Gasteiger partial charge in [-0.2, -0.15) is 0 Å².